The van der Waals surface area contributed by atoms with Crippen molar-refractivity contribution in [2.24, 2.45) is 0 Å². The third-order valence-corrected chi connectivity index (χ3v) is 6.43. The molecule has 0 unspecified atom stereocenters. The van der Waals surface area contributed by atoms with Gasteiger partial charge in [-0.2, -0.15) is 4.67 Å². The van der Waals surface area contributed by atoms with Crippen LogP contribution in [-0.2, 0) is 14.2 Å². The van der Waals surface area contributed by atoms with Crippen molar-refractivity contribution in [3.8, 4) is 0 Å². The molecule has 3 rings (SSSR count). The lowest BCUT2D eigenvalue weighted by atomic mass is 9.84. The van der Waals surface area contributed by atoms with Gasteiger partial charge in [0.25, 0.3) is 11.8 Å². The highest BCUT2D eigenvalue weighted by molar-refractivity contribution is 7.21. The predicted molar refractivity (Wildman–Crippen MR) is 91.8 cm³/mol. The minimum absolute atomic E-state index is 0.110. The quantitative estimate of drug-likeness (QED) is 0.578. The van der Waals surface area contributed by atoms with E-state index in [9.17, 15) is 14.2 Å². The minimum Gasteiger partial charge on any atom is -0.341 e. The maximum Gasteiger partial charge on any atom is 0.253 e. The second kappa shape index (κ2) is 7.92. The number of piperidine rings is 3. The predicted octanol–water partition coefficient (Wildman–Crippen LogP) is 2.44. The van der Waals surface area contributed by atoms with Crippen LogP contribution >= 0.6 is 8.61 Å². The minimum atomic E-state index is -1.24. The van der Waals surface area contributed by atoms with E-state index < -0.39 is 5.54 Å². The van der Waals surface area contributed by atoms with Crippen LogP contribution in [0.3, 0.4) is 0 Å². The molecule has 3 saturated heterocycles. The van der Waals surface area contributed by atoms with Crippen LogP contribution in [0, 0.1) is 0 Å². The van der Waals surface area contributed by atoms with Crippen LogP contribution in [0.2, 0.25) is 0 Å². The standard InChI is InChI=1S/C17H28N3O3P/c21-15(18-10-4-1-5-11-18)17(9-3-8-14-20(17)24-23)16(22)19-12-6-2-7-13-19/h1-14H2. The van der Waals surface area contributed by atoms with Crippen LogP contribution in [0.1, 0.15) is 57.8 Å². The summed E-state index contributed by atoms with van der Waals surface area (Å²) in [6.07, 6.45) is 8.48. The van der Waals surface area contributed by atoms with Gasteiger partial charge in [0.1, 0.15) is 0 Å². The Morgan fingerprint density at radius 1 is 0.667 bits per heavy atom. The molecule has 134 valence electrons. The van der Waals surface area contributed by atoms with Crippen molar-refractivity contribution in [1.29, 1.82) is 0 Å². The molecule has 0 bridgehead atoms. The summed E-state index contributed by atoms with van der Waals surface area (Å²) in [5.74, 6) is -0.221. The van der Waals surface area contributed by atoms with Gasteiger partial charge in [-0.15, -0.1) is 0 Å². The molecule has 6 nitrogen and oxygen atoms in total. The van der Waals surface area contributed by atoms with Crippen LogP contribution in [-0.4, -0.2) is 64.5 Å². The zero-order valence-electron chi connectivity index (χ0n) is 14.4. The van der Waals surface area contributed by atoms with Crippen LogP contribution in [0.15, 0.2) is 0 Å². The highest BCUT2D eigenvalue weighted by Crippen LogP contribution is 2.37. The molecular weight excluding hydrogens is 325 g/mol. The Bertz CT molecular complexity index is 457. The molecule has 0 aromatic heterocycles. The van der Waals surface area contributed by atoms with Crippen LogP contribution in [0.5, 0.6) is 0 Å². The molecule has 2 amide bonds. The summed E-state index contributed by atoms with van der Waals surface area (Å²) in [7, 11) is -0.207. The van der Waals surface area contributed by atoms with Gasteiger partial charge in [0.15, 0.2) is 5.54 Å². The van der Waals surface area contributed by atoms with E-state index in [1.807, 2.05) is 9.80 Å². The molecule has 0 aromatic carbocycles. The van der Waals surface area contributed by atoms with Crippen LogP contribution in [0.4, 0.5) is 0 Å². The van der Waals surface area contributed by atoms with Gasteiger partial charge in [0.2, 0.25) is 8.61 Å². The van der Waals surface area contributed by atoms with Crippen LogP contribution < -0.4 is 0 Å². The Balaban J connectivity index is 1.91. The van der Waals surface area contributed by atoms with Crippen molar-refractivity contribution in [2.45, 2.75) is 63.3 Å². The molecule has 0 aliphatic carbocycles. The molecule has 0 N–H and O–H groups in total. The molecule has 0 aromatic rings. The first kappa shape index (κ1) is 17.8. The molecule has 3 aliphatic rings. The molecule has 24 heavy (non-hydrogen) atoms. The molecule has 3 aliphatic heterocycles. The van der Waals surface area contributed by atoms with Gasteiger partial charge in [-0.05, 0) is 57.8 Å². The van der Waals surface area contributed by atoms with Crippen molar-refractivity contribution in [3.05, 3.63) is 0 Å². The topological polar surface area (TPSA) is 60.9 Å². The summed E-state index contributed by atoms with van der Waals surface area (Å²) < 4.78 is 13.4. The Morgan fingerprint density at radius 2 is 1.12 bits per heavy atom. The van der Waals surface area contributed by atoms with Crippen molar-refractivity contribution in [1.82, 2.24) is 14.5 Å². The fourth-order valence-corrected chi connectivity index (χ4v) is 4.95. The lowest BCUT2D eigenvalue weighted by molar-refractivity contribution is -0.159. The lowest BCUT2D eigenvalue weighted by Crippen LogP contribution is -2.67. The SMILES string of the molecule is O=PN1CCCCC1(C(=O)N1CCCCC1)C(=O)N1CCCCC1. The van der Waals surface area contributed by atoms with E-state index in [-0.39, 0.29) is 20.4 Å². The van der Waals surface area contributed by atoms with E-state index in [1.54, 1.807) is 4.67 Å². The molecule has 0 atom stereocenters. The Hall–Kier alpha value is -1.00. The number of rotatable bonds is 3. The fourth-order valence-electron chi connectivity index (χ4n) is 4.32. The highest BCUT2D eigenvalue weighted by Gasteiger charge is 2.55. The first-order valence-corrected chi connectivity index (χ1v) is 10.2. The average Bonchev–Trinajstić information content (AvgIpc) is 2.68. The van der Waals surface area contributed by atoms with Gasteiger partial charge >= 0.3 is 0 Å². The van der Waals surface area contributed by atoms with Gasteiger partial charge in [-0.3, -0.25) is 14.2 Å². The van der Waals surface area contributed by atoms with Gasteiger partial charge in [-0.1, -0.05) is 0 Å². The smallest absolute Gasteiger partial charge is 0.253 e. The van der Waals surface area contributed by atoms with Crippen LogP contribution in [0.25, 0.3) is 0 Å². The Morgan fingerprint density at radius 3 is 1.58 bits per heavy atom. The number of likely N-dealkylation sites (tertiary alicyclic amines) is 2. The Kier molecular flexibility index (Phi) is 5.88. The van der Waals surface area contributed by atoms with E-state index in [1.165, 1.54) is 0 Å². The van der Waals surface area contributed by atoms with E-state index in [0.717, 1.165) is 77.5 Å². The number of carbonyl (C=O) groups is 2. The zero-order valence-corrected chi connectivity index (χ0v) is 15.3. The number of hydrogen-bond donors (Lipinski definition) is 0. The first-order valence-electron chi connectivity index (χ1n) is 9.40. The van der Waals surface area contributed by atoms with Crippen molar-refractivity contribution in [3.63, 3.8) is 0 Å². The summed E-state index contributed by atoms with van der Waals surface area (Å²) in [4.78, 5) is 30.5. The second-order valence-corrected chi connectivity index (χ2v) is 7.87. The average molecular weight is 353 g/mol. The molecular formula is C17H28N3O3P. The van der Waals surface area contributed by atoms with Gasteiger partial charge in [-0.25, -0.2) is 0 Å². The van der Waals surface area contributed by atoms with E-state index in [4.69, 9.17) is 0 Å². The molecule has 0 spiro atoms. The maximum absolute atomic E-state index is 13.4. The third kappa shape index (κ3) is 3.23. The summed E-state index contributed by atoms with van der Waals surface area (Å²) in [5.41, 5.74) is -1.24. The molecule has 7 heteroatoms. The number of nitrogens with zero attached hydrogens (tertiary/aromatic N) is 3. The normalized spacial score (nSPS) is 25.7. The zero-order chi connectivity index (χ0) is 17.0. The van der Waals surface area contributed by atoms with Gasteiger partial charge in [0, 0.05) is 32.7 Å². The summed E-state index contributed by atoms with van der Waals surface area (Å²) in [5, 5.41) is 0. The molecule has 3 heterocycles. The summed E-state index contributed by atoms with van der Waals surface area (Å²) in [6.45, 7) is 3.42. The highest BCUT2D eigenvalue weighted by atomic mass is 31.1. The lowest BCUT2D eigenvalue weighted by Gasteiger charge is -2.46. The third-order valence-electron chi connectivity index (χ3n) is 5.69. The molecule has 0 saturated carbocycles. The summed E-state index contributed by atoms with van der Waals surface area (Å²) >= 11 is 0. The molecule has 0 radical (unpaired) electrons. The monoisotopic (exact) mass is 353 g/mol. The summed E-state index contributed by atoms with van der Waals surface area (Å²) in [6, 6.07) is 0. The van der Waals surface area contributed by atoms with Crippen molar-refractivity contribution < 1.29 is 14.2 Å². The van der Waals surface area contributed by atoms with E-state index in [2.05, 4.69) is 0 Å². The van der Waals surface area contributed by atoms with Crippen molar-refractivity contribution in [2.75, 3.05) is 32.7 Å². The largest absolute Gasteiger partial charge is 0.341 e. The second-order valence-electron chi connectivity index (χ2n) is 7.23. The number of hydrogen-bond acceptors (Lipinski definition) is 3. The van der Waals surface area contributed by atoms with Gasteiger partial charge in [0.05, 0.1) is 0 Å². The van der Waals surface area contributed by atoms with Gasteiger partial charge < -0.3 is 9.80 Å². The first-order chi connectivity index (χ1) is 11.7. The Labute approximate surface area is 145 Å². The van der Waals surface area contributed by atoms with E-state index >= 15 is 0 Å². The maximum atomic E-state index is 13.4. The van der Waals surface area contributed by atoms with Crippen molar-refractivity contribution >= 4 is 20.4 Å². The molecule has 3 fully saturated rings. The number of amides is 2. The van der Waals surface area contributed by atoms with E-state index in [0.29, 0.717) is 13.0 Å². The fraction of sp³-hybridized carbons (Fsp3) is 0.882. The number of carbonyl (C=O) groups excluding carboxylic acids is 2.